The lowest BCUT2D eigenvalue weighted by Gasteiger charge is -2.23. The number of phenols is 2. The molecule has 8 nitrogen and oxygen atoms in total. The first-order valence-electron chi connectivity index (χ1n) is 8.60. The van der Waals surface area contributed by atoms with Crippen LogP contribution in [0.4, 0.5) is 0 Å². The number of nitrogens with two attached hydrogens (primary N) is 1. The van der Waals surface area contributed by atoms with Gasteiger partial charge < -0.3 is 25.4 Å². The summed E-state index contributed by atoms with van der Waals surface area (Å²) in [7, 11) is 2.72. The van der Waals surface area contributed by atoms with Gasteiger partial charge >= 0.3 is 0 Å². The van der Waals surface area contributed by atoms with Crippen molar-refractivity contribution in [3.05, 3.63) is 51.6 Å². The van der Waals surface area contributed by atoms with Gasteiger partial charge in [-0.3, -0.25) is 14.4 Å². The van der Waals surface area contributed by atoms with Gasteiger partial charge in [0.1, 0.15) is 11.5 Å². The summed E-state index contributed by atoms with van der Waals surface area (Å²) < 4.78 is 10.4. The van der Waals surface area contributed by atoms with Gasteiger partial charge in [0.15, 0.2) is 17.3 Å². The number of fused-ring (bicyclic) bond motifs is 2. The molecule has 0 unspecified atom stereocenters. The second-order valence-electron chi connectivity index (χ2n) is 6.60. The minimum Gasteiger partial charge on any atom is -0.507 e. The molecule has 0 atom stereocenters. The monoisotopic (exact) mass is 397 g/mol. The summed E-state index contributed by atoms with van der Waals surface area (Å²) in [4.78, 5) is 37.3. The third-order valence-electron chi connectivity index (χ3n) is 4.63. The number of carbonyl (C=O) groups excluding carboxylic acids is 3. The molecule has 0 aromatic heterocycles. The quantitative estimate of drug-likeness (QED) is 0.561. The Morgan fingerprint density at radius 1 is 1.07 bits per heavy atom. The first-order valence-corrected chi connectivity index (χ1v) is 8.60. The Bertz CT molecular complexity index is 1100. The lowest BCUT2D eigenvalue weighted by Crippen LogP contribution is -2.22. The lowest BCUT2D eigenvalue weighted by atomic mass is 9.81. The van der Waals surface area contributed by atoms with Crippen LogP contribution in [-0.2, 0) is 4.79 Å². The number of rotatable bonds is 5. The summed E-state index contributed by atoms with van der Waals surface area (Å²) in [6, 6.07) is 4.03. The number of aromatic hydroxyl groups is 2. The maximum atomic E-state index is 13.1. The molecule has 0 radical (unpaired) electrons. The first-order chi connectivity index (χ1) is 13.7. The first kappa shape index (κ1) is 19.9. The van der Waals surface area contributed by atoms with Crippen LogP contribution in [0.1, 0.15) is 50.8 Å². The average Bonchev–Trinajstić information content (AvgIpc) is 2.66. The number of primary amides is 1. The Balaban J connectivity index is 2.26. The molecule has 1 aliphatic rings. The smallest absolute Gasteiger partial charge is 0.221 e. The fourth-order valence-electron chi connectivity index (χ4n) is 3.43. The molecule has 0 spiro atoms. The summed E-state index contributed by atoms with van der Waals surface area (Å²) in [5.74, 6) is -2.53. The molecule has 150 valence electrons. The number of phenolic OH excluding ortho intramolecular Hbond substituents is 2. The number of methoxy groups -OCH3 is 2. The average molecular weight is 397 g/mol. The molecule has 0 saturated carbocycles. The van der Waals surface area contributed by atoms with Crippen LogP contribution in [0.25, 0.3) is 6.08 Å². The van der Waals surface area contributed by atoms with Crippen molar-refractivity contribution in [1.29, 1.82) is 0 Å². The number of benzene rings is 2. The number of hydrogen-bond acceptors (Lipinski definition) is 7. The van der Waals surface area contributed by atoms with Crippen molar-refractivity contribution in [2.45, 2.75) is 13.3 Å². The molecule has 4 N–H and O–H groups in total. The van der Waals surface area contributed by atoms with E-state index in [0.29, 0.717) is 5.57 Å². The third-order valence-corrected chi connectivity index (χ3v) is 4.63. The van der Waals surface area contributed by atoms with E-state index in [1.807, 2.05) is 0 Å². The Morgan fingerprint density at radius 3 is 2.34 bits per heavy atom. The molecule has 1 amide bonds. The summed E-state index contributed by atoms with van der Waals surface area (Å²) in [6.45, 7) is 1.61. The largest absolute Gasteiger partial charge is 0.507 e. The molecule has 2 aromatic rings. The van der Waals surface area contributed by atoms with Gasteiger partial charge in [-0.2, -0.15) is 0 Å². The summed E-state index contributed by atoms with van der Waals surface area (Å²) >= 11 is 0. The maximum Gasteiger partial charge on any atom is 0.221 e. The maximum absolute atomic E-state index is 13.1. The fourth-order valence-corrected chi connectivity index (χ4v) is 3.43. The van der Waals surface area contributed by atoms with E-state index >= 15 is 0 Å². The zero-order valence-electron chi connectivity index (χ0n) is 16.0. The molecule has 0 heterocycles. The molecule has 0 fully saturated rings. The highest BCUT2D eigenvalue weighted by molar-refractivity contribution is 6.31. The molecule has 29 heavy (non-hydrogen) atoms. The summed E-state index contributed by atoms with van der Waals surface area (Å²) in [5.41, 5.74) is 5.09. The Hall–Kier alpha value is -3.81. The van der Waals surface area contributed by atoms with Crippen LogP contribution in [0, 0.1) is 0 Å². The normalized spacial score (nSPS) is 13.0. The van der Waals surface area contributed by atoms with Crippen molar-refractivity contribution < 1.29 is 34.1 Å². The van der Waals surface area contributed by atoms with E-state index in [0.717, 1.165) is 6.07 Å². The van der Waals surface area contributed by atoms with E-state index in [1.165, 1.54) is 32.4 Å². The van der Waals surface area contributed by atoms with Gasteiger partial charge in [0.05, 0.1) is 30.9 Å². The second kappa shape index (κ2) is 7.31. The minimum absolute atomic E-state index is 0.0184. The lowest BCUT2D eigenvalue weighted by molar-refractivity contribution is -0.117. The van der Waals surface area contributed by atoms with Gasteiger partial charge in [0.2, 0.25) is 11.7 Å². The summed E-state index contributed by atoms with van der Waals surface area (Å²) in [5, 5.41) is 21.2. The number of ketones is 2. The fraction of sp³-hybridized carbons (Fsp3) is 0.190. The zero-order valence-corrected chi connectivity index (χ0v) is 16.0. The Morgan fingerprint density at radius 2 is 1.76 bits per heavy atom. The van der Waals surface area contributed by atoms with E-state index in [4.69, 9.17) is 15.2 Å². The molecular weight excluding hydrogens is 378 g/mol. The highest BCUT2D eigenvalue weighted by Gasteiger charge is 2.38. The molecule has 8 heteroatoms. The zero-order chi connectivity index (χ0) is 21.5. The van der Waals surface area contributed by atoms with Gasteiger partial charge in [0, 0.05) is 17.5 Å². The summed E-state index contributed by atoms with van der Waals surface area (Å²) in [6.07, 6.45) is 1.35. The van der Waals surface area contributed by atoms with Gasteiger partial charge in [-0.05, 0) is 25.1 Å². The van der Waals surface area contributed by atoms with Gasteiger partial charge in [0.25, 0.3) is 0 Å². The molecule has 0 saturated heterocycles. The predicted molar refractivity (Wildman–Crippen MR) is 104 cm³/mol. The van der Waals surface area contributed by atoms with Crippen LogP contribution >= 0.6 is 0 Å². The van der Waals surface area contributed by atoms with Crippen LogP contribution in [0.5, 0.6) is 23.0 Å². The molecule has 1 aliphatic carbocycles. The molecular formula is C21H19NO7. The highest BCUT2D eigenvalue weighted by Crippen LogP contribution is 2.45. The number of carbonyl (C=O) groups is 3. The number of hydrogen-bond donors (Lipinski definition) is 3. The van der Waals surface area contributed by atoms with Crippen molar-refractivity contribution in [2.24, 2.45) is 5.73 Å². The van der Waals surface area contributed by atoms with Crippen molar-refractivity contribution in [3.8, 4) is 23.0 Å². The van der Waals surface area contributed by atoms with Gasteiger partial charge in [-0.15, -0.1) is 0 Å². The van der Waals surface area contributed by atoms with Gasteiger partial charge in [-0.1, -0.05) is 11.6 Å². The van der Waals surface area contributed by atoms with Gasteiger partial charge in [-0.25, -0.2) is 0 Å². The van der Waals surface area contributed by atoms with Crippen LogP contribution in [-0.4, -0.2) is 41.9 Å². The predicted octanol–water partition coefficient (Wildman–Crippen LogP) is 2.17. The van der Waals surface area contributed by atoms with Crippen molar-refractivity contribution >= 4 is 23.5 Å². The minimum atomic E-state index is -0.678. The van der Waals surface area contributed by atoms with E-state index in [2.05, 4.69) is 0 Å². The van der Waals surface area contributed by atoms with Crippen LogP contribution in [0.2, 0.25) is 0 Å². The standard InChI is InChI=1S/C21H19NO7/c1-9(7-14(22)24)6-10-8-12(23)16-17(18(10)25)19(26)11-4-5-13(28-2)21(29-3)15(11)20(16)27/h4-6,8,23,25H,7H2,1-3H3,(H2,22,24)/b9-6-. The van der Waals surface area contributed by atoms with Crippen molar-refractivity contribution in [1.82, 2.24) is 0 Å². The van der Waals surface area contributed by atoms with Crippen molar-refractivity contribution in [2.75, 3.05) is 14.2 Å². The molecule has 0 aliphatic heterocycles. The number of ether oxygens (including phenoxy) is 2. The molecule has 3 rings (SSSR count). The number of amides is 1. The van der Waals surface area contributed by atoms with E-state index < -0.39 is 29.0 Å². The Kier molecular flexibility index (Phi) is 5.02. The molecule has 2 aromatic carbocycles. The SMILES string of the molecule is COc1ccc2c(c1OC)C(=O)c1c(O)cc(/C=C(/C)CC(N)=O)c(O)c1C2=O. The van der Waals surface area contributed by atoms with Crippen LogP contribution < -0.4 is 15.2 Å². The van der Waals surface area contributed by atoms with E-state index in [9.17, 15) is 24.6 Å². The van der Waals surface area contributed by atoms with Crippen LogP contribution in [0.3, 0.4) is 0 Å². The Labute approximate surface area is 166 Å². The third kappa shape index (κ3) is 3.18. The van der Waals surface area contributed by atoms with E-state index in [1.54, 1.807) is 6.92 Å². The second-order valence-corrected chi connectivity index (χ2v) is 6.60. The highest BCUT2D eigenvalue weighted by atomic mass is 16.5. The topological polar surface area (TPSA) is 136 Å². The van der Waals surface area contributed by atoms with E-state index in [-0.39, 0.29) is 45.7 Å². The van der Waals surface area contributed by atoms with Crippen molar-refractivity contribution in [3.63, 3.8) is 0 Å². The van der Waals surface area contributed by atoms with Crippen LogP contribution in [0.15, 0.2) is 23.8 Å². The molecule has 0 bridgehead atoms.